The summed E-state index contributed by atoms with van der Waals surface area (Å²) >= 11 is 6.15. The third-order valence-corrected chi connectivity index (χ3v) is 6.00. The second-order valence-electron chi connectivity index (χ2n) is 8.21. The molecule has 0 saturated carbocycles. The molecule has 1 aliphatic rings. The van der Waals surface area contributed by atoms with Gasteiger partial charge in [0.05, 0.1) is 16.3 Å². The van der Waals surface area contributed by atoms with Gasteiger partial charge in [0.25, 0.3) is 5.91 Å². The van der Waals surface area contributed by atoms with E-state index in [1.165, 1.54) is 0 Å². The molecule has 1 unspecified atom stereocenters. The first-order valence-corrected chi connectivity index (χ1v) is 11.3. The standard InChI is InChI=1S/C23H26ClN7O2/c1-16(2)20(25-21(32)18-10-6-7-11-19(18)24)22(33)29-12-14-30(15-13-29)23-26-27-28-31(23)17-8-4-3-5-9-17/h3-11,16,20H,12-15H2,1-2H3,(H,25,32). The Hall–Kier alpha value is -3.46. The Kier molecular flexibility index (Phi) is 6.88. The lowest BCUT2D eigenvalue weighted by atomic mass is 10.0. The first-order chi connectivity index (χ1) is 16.0. The number of para-hydroxylation sites is 1. The molecule has 1 atom stereocenters. The number of anilines is 1. The Bertz CT molecular complexity index is 1110. The minimum absolute atomic E-state index is 0.0765. The van der Waals surface area contributed by atoms with Gasteiger partial charge in [0.15, 0.2) is 0 Å². The molecule has 2 aromatic carbocycles. The van der Waals surface area contributed by atoms with Gasteiger partial charge in [-0.05, 0) is 40.6 Å². The van der Waals surface area contributed by atoms with Crippen molar-refractivity contribution in [3.63, 3.8) is 0 Å². The molecule has 0 aliphatic carbocycles. The largest absolute Gasteiger partial charge is 0.340 e. The van der Waals surface area contributed by atoms with E-state index in [-0.39, 0.29) is 17.7 Å². The van der Waals surface area contributed by atoms with Crippen LogP contribution in [0.4, 0.5) is 5.95 Å². The Balaban J connectivity index is 1.42. The minimum Gasteiger partial charge on any atom is -0.340 e. The van der Waals surface area contributed by atoms with E-state index in [0.29, 0.717) is 42.7 Å². The third-order valence-electron chi connectivity index (χ3n) is 5.67. The van der Waals surface area contributed by atoms with Crippen LogP contribution in [0.25, 0.3) is 5.69 Å². The molecule has 4 rings (SSSR count). The fourth-order valence-electron chi connectivity index (χ4n) is 3.82. The lowest BCUT2D eigenvalue weighted by Gasteiger charge is -2.37. The summed E-state index contributed by atoms with van der Waals surface area (Å²) in [5.41, 5.74) is 1.23. The van der Waals surface area contributed by atoms with Crippen LogP contribution in [-0.2, 0) is 4.79 Å². The number of rotatable bonds is 6. The van der Waals surface area contributed by atoms with Crippen LogP contribution in [0.15, 0.2) is 54.6 Å². The molecule has 1 saturated heterocycles. The molecule has 3 aromatic rings. The number of benzene rings is 2. The van der Waals surface area contributed by atoms with Gasteiger partial charge < -0.3 is 15.1 Å². The molecule has 1 aromatic heterocycles. The summed E-state index contributed by atoms with van der Waals surface area (Å²) in [5, 5.41) is 15.4. The molecule has 33 heavy (non-hydrogen) atoms. The molecule has 1 N–H and O–H groups in total. The summed E-state index contributed by atoms with van der Waals surface area (Å²) in [6.07, 6.45) is 0. The number of hydrogen-bond acceptors (Lipinski definition) is 6. The number of piperazine rings is 1. The van der Waals surface area contributed by atoms with Crippen LogP contribution in [0.3, 0.4) is 0 Å². The van der Waals surface area contributed by atoms with E-state index in [2.05, 4.69) is 25.7 Å². The van der Waals surface area contributed by atoms with Crippen LogP contribution in [0.5, 0.6) is 0 Å². The number of nitrogens with one attached hydrogen (secondary N) is 1. The highest BCUT2D eigenvalue weighted by Crippen LogP contribution is 2.19. The molecule has 0 bridgehead atoms. The number of aromatic nitrogens is 4. The molecule has 1 aliphatic heterocycles. The molecular formula is C23H26ClN7O2. The summed E-state index contributed by atoms with van der Waals surface area (Å²) in [6.45, 7) is 6.02. The Morgan fingerprint density at radius 2 is 1.64 bits per heavy atom. The predicted molar refractivity (Wildman–Crippen MR) is 125 cm³/mol. The van der Waals surface area contributed by atoms with Crippen molar-refractivity contribution in [2.45, 2.75) is 19.9 Å². The summed E-state index contributed by atoms with van der Waals surface area (Å²) < 4.78 is 1.69. The number of halogens is 1. The number of carbonyl (C=O) groups is 2. The molecule has 0 radical (unpaired) electrons. The van der Waals surface area contributed by atoms with Crippen molar-refractivity contribution in [2.75, 3.05) is 31.1 Å². The van der Waals surface area contributed by atoms with Gasteiger partial charge in [-0.25, -0.2) is 0 Å². The van der Waals surface area contributed by atoms with Crippen LogP contribution in [0.1, 0.15) is 24.2 Å². The normalized spacial score (nSPS) is 14.9. The maximum absolute atomic E-state index is 13.3. The average molecular weight is 468 g/mol. The van der Waals surface area contributed by atoms with Crippen molar-refractivity contribution in [2.24, 2.45) is 5.92 Å². The SMILES string of the molecule is CC(C)C(NC(=O)c1ccccc1Cl)C(=O)N1CCN(c2nnnn2-c2ccccc2)CC1. The number of hydrogen-bond donors (Lipinski definition) is 1. The molecule has 2 heterocycles. The van der Waals surface area contributed by atoms with E-state index in [4.69, 9.17) is 11.6 Å². The predicted octanol–water partition coefficient (Wildman–Crippen LogP) is 2.42. The van der Waals surface area contributed by atoms with Crippen molar-refractivity contribution < 1.29 is 9.59 Å². The highest BCUT2D eigenvalue weighted by molar-refractivity contribution is 6.33. The quantitative estimate of drug-likeness (QED) is 0.598. The lowest BCUT2D eigenvalue weighted by Crippen LogP contribution is -2.56. The van der Waals surface area contributed by atoms with Crippen molar-refractivity contribution >= 4 is 29.4 Å². The van der Waals surface area contributed by atoms with E-state index in [9.17, 15) is 9.59 Å². The van der Waals surface area contributed by atoms with Gasteiger partial charge >= 0.3 is 0 Å². The Morgan fingerprint density at radius 3 is 2.30 bits per heavy atom. The highest BCUT2D eigenvalue weighted by Gasteiger charge is 2.32. The van der Waals surface area contributed by atoms with Gasteiger partial charge in [-0.1, -0.05) is 60.9 Å². The van der Waals surface area contributed by atoms with Gasteiger partial charge in [0, 0.05) is 26.2 Å². The zero-order valence-electron chi connectivity index (χ0n) is 18.6. The maximum atomic E-state index is 13.3. The second kappa shape index (κ2) is 9.99. The number of amides is 2. The van der Waals surface area contributed by atoms with Crippen LogP contribution in [-0.4, -0.2) is 69.1 Å². The zero-order valence-corrected chi connectivity index (χ0v) is 19.3. The second-order valence-corrected chi connectivity index (χ2v) is 8.62. The molecule has 9 nitrogen and oxygen atoms in total. The third kappa shape index (κ3) is 4.98. The van der Waals surface area contributed by atoms with Gasteiger partial charge in [-0.2, -0.15) is 4.68 Å². The van der Waals surface area contributed by atoms with E-state index < -0.39 is 6.04 Å². The van der Waals surface area contributed by atoms with Gasteiger partial charge in [-0.3, -0.25) is 9.59 Å². The number of nitrogens with zero attached hydrogens (tertiary/aromatic N) is 6. The van der Waals surface area contributed by atoms with Crippen LogP contribution < -0.4 is 10.2 Å². The van der Waals surface area contributed by atoms with Crippen LogP contribution in [0.2, 0.25) is 5.02 Å². The van der Waals surface area contributed by atoms with Crippen molar-refractivity contribution in [1.29, 1.82) is 0 Å². The van der Waals surface area contributed by atoms with Gasteiger partial charge in [0.1, 0.15) is 6.04 Å². The summed E-state index contributed by atoms with van der Waals surface area (Å²) in [5.74, 6) is 0.106. The first kappa shape index (κ1) is 22.7. The number of tetrazole rings is 1. The topological polar surface area (TPSA) is 96.2 Å². The van der Waals surface area contributed by atoms with Crippen LogP contribution in [0, 0.1) is 5.92 Å². The van der Waals surface area contributed by atoms with Gasteiger partial charge in [0.2, 0.25) is 11.9 Å². The zero-order chi connectivity index (χ0) is 23.4. The monoisotopic (exact) mass is 467 g/mol. The molecule has 172 valence electrons. The lowest BCUT2D eigenvalue weighted by molar-refractivity contribution is -0.134. The van der Waals surface area contributed by atoms with Crippen LogP contribution >= 0.6 is 11.6 Å². The molecule has 1 fully saturated rings. The molecule has 2 amide bonds. The minimum atomic E-state index is -0.644. The van der Waals surface area contributed by atoms with Crippen molar-refractivity contribution in [1.82, 2.24) is 30.4 Å². The maximum Gasteiger partial charge on any atom is 0.253 e. The summed E-state index contributed by atoms with van der Waals surface area (Å²) in [4.78, 5) is 29.9. The first-order valence-electron chi connectivity index (χ1n) is 10.9. The van der Waals surface area contributed by atoms with E-state index in [0.717, 1.165) is 5.69 Å². The fraction of sp³-hybridized carbons (Fsp3) is 0.348. The smallest absolute Gasteiger partial charge is 0.253 e. The summed E-state index contributed by atoms with van der Waals surface area (Å²) in [6, 6.07) is 15.8. The molecule has 10 heteroatoms. The fourth-order valence-corrected chi connectivity index (χ4v) is 4.04. The van der Waals surface area contributed by atoms with Crippen molar-refractivity contribution in [3.05, 3.63) is 65.2 Å². The molecular weight excluding hydrogens is 442 g/mol. The van der Waals surface area contributed by atoms with E-state index in [1.807, 2.05) is 44.2 Å². The Morgan fingerprint density at radius 1 is 0.970 bits per heavy atom. The van der Waals surface area contributed by atoms with E-state index >= 15 is 0 Å². The highest BCUT2D eigenvalue weighted by atomic mass is 35.5. The van der Waals surface area contributed by atoms with E-state index in [1.54, 1.807) is 33.8 Å². The van der Waals surface area contributed by atoms with Gasteiger partial charge in [-0.15, -0.1) is 0 Å². The molecule has 0 spiro atoms. The Labute approximate surface area is 197 Å². The average Bonchev–Trinajstić information content (AvgIpc) is 3.33. The van der Waals surface area contributed by atoms with Crippen molar-refractivity contribution in [3.8, 4) is 5.69 Å². The summed E-state index contributed by atoms with van der Waals surface area (Å²) in [7, 11) is 0. The number of carbonyl (C=O) groups excluding carboxylic acids is 2.